The molecule has 0 aromatic heterocycles. The third-order valence-corrected chi connectivity index (χ3v) is 2.30. The summed E-state index contributed by atoms with van der Waals surface area (Å²) in [5.74, 6) is -11.3. The Morgan fingerprint density at radius 1 is 1.06 bits per heavy atom. The van der Waals surface area contributed by atoms with Crippen LogP contribution in [-0.4, -0.2) is 30.0 Å². The van der Waals surface area contributed by atoms with Crippen LogP contribution in [0.25, 0.3) is 0 Å². The summed E-state index contributed by atoms with van der Waals surface area (Å²) in [6, 6.07) is 0. The van der Waals surface area contributed by atoms with Crippen LogP contribution >= 0.6 is 11.8 Å². The lowest BCUT2D eigenvalue weighted by Crippen LogP contribution is -2.52. The molecule has 0 aliphatic rings. The number of halogens is 7. The summed E-state index contributed by atoms with van der Waals surface area (Å²) in [6.07, 6.45) is -4.11. The number of allylic oxidation sites excluding steroid dienone is 1. The van der Waals surface area contributed by atoms with Crippen molar-refractivity contribution in [3.63, 3.8) is 0 Å². The van der Waals surface area contributed by atoms with Crippen molar-refractivity contribution in [3.05, 3.63) is 11.6 Å². The normalized spacial score (nSPS) is 15.4. The van der Waals surface area contributed by atoms with Gasteiger partial charge < -0.3 is 0 Å². The maximum atomic E-state index is 12.9. The molecule has 0 rings (SSSR count). The van der Waals surface area contributed by atoms with E-state index in [0.717, 1.165) is 11.8 Å². The monoisotopic (exact) mass is 270 g/mol. The lowest BCUT2D eigenvalue weighted by atomic mass is 10.0. The van der Waals surface area contributed by atoms with Crippen LogP contribution in [0.2, 0.25) is 0 Å². The fourth-order valence-electron chi connectivity index (χ4n) is 0.762. The summed E-state index contributed by atoms with van der Waals surface area (Å²) < 4.78 is 85.9. The van der Waals surface area contributed by atoms with E-state index in [1.807, 2.05) is 0 Å². The molecule has 0 aromatic rings. The molecule has 0 aliphatic carbocycles. The SMILES string of the molecule is CSC/C=C(\C)C(F)(F)C(F)(F)C(F)(F)F. The van der Waals surface area contributed by atoms with Gasteiger partial charge >= 0.3 is 18.0 Å². The Kier molecular flexibility index (Phi) is 4.73. The van der Waals surface area contributed by atoms with Gasteiger partial charge in [-0.15, -0.1) is 0 Å². The molecule has 0 bridgehead atoms. The predicted molar refractivity (Wildman–Crippen MR) is 48.1 cm³/mol. The van der Waals surface area contributed by atoms with Crippen molar-refractivity contribution in [1.82, 2.24) is 0 Å². The fraction of sp³-hybridized carbons (Fsp3) is 0.750. The van der Waals surface area contributed by atoms with Gasteiger partial charge in [0.25, 0.3) is 0 Å². The van der Waals surface area contributed by atoms with Crippen LogP contribution in [0.1, 0.15) is 6.92 Å². The molecule has 96 valence electrons. The summed E-state index contributed by atoms with van der Waals surface area (Å²) in [7, 11) is 0. The molecular formula is C8H9F7S. The van der Waals surface area contributed by atoms with Crippen molar-refractivity contribution in [3.8, 4) is 0 Å². The van der Waals surface area contributed by atoms with Gasteiger partial charge in [0.2, 0.25) is 0 Å². The Labute approximate surface area is 91.9 Å². The molecular weight excluding hydrogens is 261 g/mol. The van der Waals surface area contributed by atoms with Gasteiger partial charge in [-0.2, -0.15) is 42.5 Å². The van der Waals surface area contributed by atoms with Gasteiger partial charge in [0, 0.05) is 5.75 Å². The Hall–Kier alpha value is -0.400. The fourth-order valence-corrected chi connectivity index (χ4v) is 1.18. The lowest BCUT2D eigenvalue weighted by Gasteiger charge is -2.28. The maximum absolute atomic E-state index is 12.9. The number of thioether (sulfide) groups is 1. The zero-order valence-electron chi connectivity index (χ0n) is 8.34. The van der Waals surface area contributed by atoms with Crippen LogP contribution in [0.15, 0.2) is 11.6 Å². The average molecular weight is 270 g/mol. The summed E-state index contributed by atoms with van der Waals surface area (Å²) in [5, 5.41) is 0. The van der Waals surface area contributed by atoms with Gasteiger partial charge in [0.1, 0.15) is 0 Å². The van der Waals surface area contributed by atoms with Crippen molar-refractivity contribution >= 4 is 11.8 Å². The Morgan fingerprint density at radius 3 is 1.81 bits per heavy atom. The topological polar surface area (TPSA) is 0 Å². The highest BCUT2D eigenvalue weighted by atomic mass is 32.2. The highest BCUT2D eigenvalue weighted by molar-refractivity contribution is 7.98. The molecule has 0 heterocycles. The van der Waals surface area contributed by atoms with Gasteiger partial charge in [-0.1, -0.05) is 6.08 Å². The Balaban J connectivity index is 5.19. The summed E-state index contributed by atoms with van der Waals surface area (Å²) in [6.45, 7) is 0.551. The molecule has 8 heteroatoms. The first kappa shape index (κ1) is 15.6. The quantitative estimate of drug-likeness (QED) is 0.546. The van der Waals surface area contributed by atoms with Gasteiger partial charge in [0.15, 0.2) is 0 Å². The van der Waals surface area contributed by atoms with E-state index < -0.39 is 23.6 Å². The first-order valence-electron chi connectivity index (χ1n) is 3.97. The Morgan fingerprint density at radius 2 is 1.50 bits per heavy atom. The zero-order chi connectivity index (χ0) is 13.2. The number of hydrogen-bond acceptors (Lipinski definition) is 1. The van der Waals surface area contributed by atoms with E-state index >= 15 is 0 Å². The van der Waals surface area contributed by atoms with Gasteiger partial charge in [-0.25, -0.2) is 0 Å². The van der Waals surface area contributed by atoms with Crippen LogP contribution < -0.4 is 0 Å². The van der Waals surface area contributed by atoms with E-state index in [2.05, 4.69) is 0 Å². The zero-order valence-corrected chi connectivity index (χ0v) is 9.15. The van der Waals surface area contributed by atoms with Crippen LogP contribution in [0, 0.1) is 0 Å². The molecule has 0 unspecified atom stereocenters. The van der Waals surface area contributed by atoms with Crippen LogP contribution in [0.5, 0.6) is 0 Å². The second kappa shape index (κ2) is 4.85. The third-order valence-electron chi connectivity index (χ3n) is 1.80. The van der Waals surface area contributed by atoms with E-state index in [1.165, 1.54) is 6.26 Å². The molecule has 0 saturated heterocycles. The van der Waals surface area contributed by atoms with Crippen LogP contribution in [0.3, 0.4) is 0 Å². The standard InChI is InChI=1S/C8H9F7S/c1-5(3-4-16-2)6(9,10)7(11,12)8(13,14)15/h3H,4H2,1-2H3/b5-3+. The molecule has 0 aromatic carbocycles. The van der Waals surface area contributed by atoms with Crippen LogP contribution in [0.4, 0.5) is 30.7 Å². The molecule has 0 fully saturated rings. The summed E-state index contributed by atoms with van der Waals surface area (Å²) in [5.41, 5.74) is -1.29. The molecule has 0 radical (unpaired) electrons. The highest BCUT2D eigenvalue weighted by Gasteiger charge is 2.73. The number of hydrogen-bond donors (Lipinski definition) is 0. The molecule has 0 aliphatic heterocycles. The first-order valence-corrected chi connectivity index (χ1v) is 5.36. The van der Waals surface area contributed by atoms with E-state index in [-0.39, 0.29) is 5.75 Å². The minimum Gasteiger partial charge on any atom is -0.194 e. The minimum absolute atomic E-state index is 0.0602. The maximum Gasteiger partial charge on any atom is 0.460 e. The predicted octanol–water partition coefficient (Wildman–Crippen LogP) is 4.13. The number of rotatable bonds is 4. The van der Waals surface area contributed by atoms with Gasteiger partial charge in [0.05, 0.1) is 0 Å². The minimum atomic E-state index is -6.27. The van der Waals surface area contributed by atoms with Crippen molar-refractivity contribution in [2.24, 2.45) is 0 Å². The molecule has 0 spiro atoms. The molecule has 0 amide bonds. The second-order valence-electron chi connectivity index (χ2n) is 2.99. The molecule has 0 nitrogen and oxygen atoms in total. The van der Waals surface area contributed by atoms with Crippen molar-refractivity contribution in [2.45, 2.75) is 24.9 Å². The largest absolute Gasteiger partial charge is 0.460 e. The van der Waals surface area contributed by atoms with Crippen molar-refractivity contribution in [1.29, 1.82) is 0 Å². The second-order valence-corrected chi connectivity index (χ2v) is 3.90. The van der Waals surface area contributed by atoms with Gasteiger partial charge in [-0.3, -0.25) is 0 Å². The molecule has 0 atom stereocenters. The Bertz CT molecular complexity index is 266. The van der Waals surface area contributed by atoms with Crippen molar-refractivity contribution in [2.75, 3.05) is 12.0 Å². The van der Waals surface area contributed by atoms with Gasteiger partial charge in [-0.05, 0) is 18.8 Å². The average Bonchev–Trinajstić information content (AvgIpc) is 2.11. The van der Waals surface area contributed by atoms with E-state index in [0.29, 0.717) is 13.0 Å². The smallest absolute Gasteiger partial charge is 0.194 e. The molecule has 16 heavy (non-hydrogen) atoms. The van der Waals surface area contributed by atoms with Crippen molar-refractivity contribution < 1.29 is 30.7 Å². The molecule has 0 saturated carbocycles. The van der Waals surface area contributed by atoms with E-state index in [4.69, 9.17) is 0 Å². The number of alkyl halides is 7. The summed E-state index contributed by atoms with van der Waals surface area (Å²) >= 11 is 1.03. The molecule has 0 N–H and O–H groups in total. The van der Waals surface area contributed by atoms with Crippen LogP contribution in [-0.2, 0) is 0 Å². The lowest BCUT2D eigenvalue weighted by molar-refractivity contribution is -0.344. The highest BCUT2D eigenvalue weighted by Crippen LogP contribution is 2.49. The third kappa shape index (κ3) is 2.83. The summed E-state index contributed by atoms with van der Waals surface area (Å²) in [4.78, 5) is 0. The first-order chi connectivity index (χ1) is 6.98. The van der Waals surface area contributed by atoms with E-state index in [1.54, 1.807) is 0 Å². The van der Waals surface area contributed by atoms with E-state index in [9.17, 15) is 30.7 Å².